The zero-order valence-electron chi connectivity index (χ0n) is 8.31. The van der Waals surface area contributed by atoms with Crippen molar-refractivity contribution < 1.29 is 9.53 Å². The van der Waals surface area contributed by atoms with Crippen LogP contribution in [0, 0.1) is 0 Å². The highest BCUT2D eigenvalue weighted by molar-refractivity contribution is 7.11. The van der Waals surface area contributed by atoms with Crippen molar-refractivity contribution in [3.05, 3.63) is 34.5 Å². The first kappa shape index (κ1) is 10.2. The molecule has 2 aromatic rings. The van der Waals surface area contributed by atoms with E-state index in [9.17, 15) is 4.79 Å². The predicted octanol–water partition coefficient (Wildman–Crippen LogP) is 3.01. The van der Waals surface area contributed by atoms with Crippen LogP contribution in [-0.4, -0.2) is 13.1 Å². The first-order chi connectivity index (χ1) is 7.42. The van der Waals surface area contributed by atoms with Gasteiger partial charge in [0.05, 0.1) is 6.61 Å². The second-order valence-electron chi connectivity index (χ2n) is 3.32. The molecule has 15 heavy (non-hydrogen) atoms. The van der Waals surface area contributed by atoms with Crippen LogP contribution in [0.25, 0.3) is 10.8 Å². The molecule has 2 rings (SSSR count). The number of fused-ring (bicyclic) bond motifs is 1. The van der Waals surface area contributed by atoms with E-state index in [-0.39, 0.29) is 0 Å². The molecule has 0 N–H and O–H groups in total. The number of ether oxygens (including phenoxy) is 1. The maximum Gasteiger partial charge on any atom is 0.293 e. The third-order valence-electron chi connectivity index (χ3n) is 2.32. The summed E-state index contributed by atoms with van der Waals surface area (Å²) in [5.74, 6) is 0. The summed E-state index contributed by atoms with van der Waals surface area (Å²) in [4.78, 5) is 11.3. The Morgan fingerprint density at radius 3 is 3.07 bits per heavy atom. The lowest BCUT2D eigenvalue weighted by Crippen LogP contribution is -1.93. The molecule has 0 spiro atoms. The maximum absolute atomic E-state index is 9.96. The van der Waals surface area contributed by atoms with Crippen molar-refractivity contribution in [1.29, 1.82) is 0 Å². The van der Waals surface area contributed by atoms with Crippen molar-refractivity contribution in [2.24, 2.45) is 0 Å². The largest absolute Gasteiger partial charge is 0.468 e. The zero-order valence-corrected chi connectivity index (χ0v) is 9.13. The van der Waals surface area contributed by atoms with E-state index >= 15 is 0 Å². The van der Waals surface area contributed by atoms with E-state index in [0.717, 1.165) is 12.8 Å². The molecule has 78 valence electrons. The van der Waals surface area contributed by atoms with E-state index in [4.69, 9.17) is 0 Å². The molecule has 1 heterocycles. The van der Waals surface area contributed by atoms with E-state index < -0.39 is 0 Å². The zero-order chi connectivity index (χ0) is 10.5. The van der Waals surface area contributed by atoms with Gasteiger partial charge in [0.1, 0.15) is 0 Å². The highest BCUT2D eigenvalue weighted by atomic mass is 32.1. The molecule has 0 unspecified atom stereocenters. The van der Waals surface area contributed by atoms with E-state index in [1.807, 2.05) is 6.07 Å². The molecule has 3 heteroatoms. The lowest BCUT2D eigenvalue weighted by molar-refractivity contribution is -0.128. The molecule has 0 aliphatic heterocycles. The van der Waals surface area contributed by atoms with Gasteiger partial charge in [-0.25, -0.2) is 0 Å². The van der Waals surface area contributed by atoms with Gasteiger partial charge in [-0.2, -0.15) is 0 Å². The van der Waals surface area contributed by atoms with E-state index in [1.54, 1.807) is 11.3 Å². The van der Waals surface area contributed by atoms with Crippen molar-refractivity contribution in [3.63, 3.8) is 0 Å². The Morgan fingerprint density at radius 1 is 1.33 bits per heavy atom. The van der Waals surface area contributed by atoms with Gasteiger partial charge in [-0.1, -0.05) is 24.3 Å². The van der Waals surface area contributed by atoms with E-state index in [0.29, 0.717) is 13.1 Å². The van der Waals surface area contributed by atoms with Gasteiger partial charge < -0.3 is 4.74 Å². The molecule has 1 aromatic carbocycles. The van der Waals surface area contributed by atoms with Gasteiger partial charge >= 0.3 is 0 Å². The Hall–Kier alpha value is -1.35. The lowest BCUT2D eigenvalue weighted by Gasteiger charge is -1.98. The molecule has 0 radical (unpaired) electrons. The Morgan fingerprint density at radius 2 is 2.20 bits per heavy atom. The van der Waals surface area contributed by atoms with Crippen LogP contribution in [0.4, 0.5) is 0 Å². The Balaban J connectivity index is 2.05. The van der Waals surface area contributed by atoms with Gasteiger partial charge in [-0.05, 0) is 29.0 Å². The molecular weight excluding hydrogens is 208 g/mol. The van der Waals surface area contributed by atoms with Crippen molar-refractivity contribution in [1.82, 2.24) is 0 Å². The minimum Gasteiger partial charge on any atom is -0.468 e. The number of aryl methyl sites for hydroxylation is 1. The smallest absolute Gasteiger partial charge is 0.293 e. The summed E-state index contributed by atoms with van der Waals surface area (Å²) in [6.07, 6.45) is 1.87. The number of carbonyl (C=O) groups excluding carboxylic acids is 1. The Labute approximate surface area is 92.5 Å². The molecule has 2 nitrogen and oxygen atoms in total. The summed E-state index contributed by atoms with van der Waals surface area (Å²) in [5.41, 5.74) is 0. The fourth-order valence-electron chi connectivity index (χ4n) is 1.61. The number of hydrogen-bond donors (Lipinski definition) is 0. The standard InChI is InChI=1S/C12H12O2S/c13-9-14-7-3-6-12-11-5-2-1-4-10(11)8-15-12/h1-2,4-5,8-9H,3,6-7H2. The number of rotatable bonds is 5. The fraction of sp³-hybridized carbons (Fsp3) is 0.250. The normalized spacial score (nSPS) is 10.4. The average molecular weight is 220 g/mol. The molecule has 0 amide bonds. The summed E-state index contributed by atoms with van der Waals surface area (Å²) < 4.78 is 4.67. The summed E-state index contributed by atoms with van der Waals surface area (Å²) in [6, 6.07) is 8.37. The van der Waals surface area contributed by atoms with Gasteiger partial charge in [0.2, 0.25) is 0 Å². The van der Waals surface area contributed by atoms with Crippen LogP contribution in [0.1, 0.15) is 11.3 Å². The van der Waals surface area contributed by atoms with E-state index in [1.165, 1.54) is 15.6 Å². The van der Waals surface area contributed by atoms with Gasteiger partial charge in [0, 0.05) is 4.88 Å². The molecule has 0 saturated carbocycles. The van der Waals surface area contributed by atoms with Crippen LogP contribution in [0.15, 0.2) is 29.6 Å². The topological polar surface area (TPSA) is 26.3 Å². The Kier molecular flexibility index (Phi) is 3.35. The minimum atomic E-state index is 0.506. The van der Waals surface area contributed by atoms with Crippen molar-refractivity contribution in [3.8, 4) is 0 Å². The fourth-order valence-corrected chi connectivity index (χ4v) is 2.66. The van der Waals surface area contributed by atoms with Crippen LogP contribution in [0.5, 0.6) is 0 Å². The van der Waals surface area contributed by atoms with Crippen molar-refractivity contribution >= 4 is 28.6 Å². The monoisotopic (exact) mass is 220 g/mol. The first-order valence-electron chi connectivity index (χ1n) is 4.92. The number of carbonyl (C=O) groups is 1. The number of hydrogen-bond acceptors (Lipinski definition) is 3. The van der Waals surface area contributed by atoms with Gasteiger partial charge in [-0.3, -0.25) is 4.79 Å². The van der Waals surface area contributed by atoms with Gasteiger partial charge in [0.15, 0.2) is 0 Å². The third-order valence-corrected chi connectivity index (χ3v) is 3.40. The average Bonchev–Trinajstić information content (AvgIpc) is 2.68. The minimum absolute atomic E-state index is 0.506. The van der Waals surface area contributed by atoms with Crippen LogP contribution >= 0.6 is 11.3 Å². The first-order valence-corrected chi connectivity index (χ1v) is 5.80. The predicted molar refractivity (Wildman–Crippen MR) is 62.2 cm³/mol. The summed E-state index contributed by atoms with van der Waals surface area (Å²) >= 11 is 1.78. The highest BCUT2D eigenvalue weighted by Crippen LogP contribution is 2.26. The van der Waals surface area contributed by atoms with Crippen LogP contribution in [0.3, 0.4) is 0 Å². The van der Waals surface area contributed by atoms with E-state index in [2.05, 4.69) is 28.3 Å². The molecule has 0 atom stereocenters. The van der Waals surface area contributed by atoms with Crippen molar-refractivity contribution in [2.45, 2.75) is 12.8 Å². The number of thiophene rings is 1. The molecule has 1 aromatic heterocycles. The van der Waals surface area contributed by atoms with Gasteiger partial charge in [0.25, 0.3) is 6.47 Å². The molecule has 0 aliphatic rings. The molecule has 0 aliphatic carbocycles. The highest BCUT2D eigenvalue weighted by Gasteiger charge is 2.02. The summed E-state index contributed by atoms with van der Waals surface area (Å²) in [6.45, 7) is 1.02. The summed E-state index contributed by atoms with van der Waals surface area (Å²) in [7, 11) is 0. The van der Waals surface area contributed by atoms with Crippen molar-refractivity contribution in [2.75, 3.05) is 6.61 Å². The second-order valence-corrected chi connectivity index (χ2v) is 4.28. The quantitative estimate of drug-likeness (QED) is 0.572. The number of benzene rings is 1. The van der Waals surface area contributed by atoms with Crippen LogP contribution in [-0.2, 0) is 16.0 Å². The van der Waals surface area contributed by atoms with Crippen LogP contribution < -0.4 is 0 Å². The maximum atomic E-state index is 9.96. The Bertz CT molecular complexity index is 448. The summed E-state index contributed by atoms with van der Waals surface area (Å²) in [5, 5.41) is 4.80. The third kappa shape index (κ3) is 2.36. The molecular formula is C12H12O2S. The molecule has 0 saturated heterocycles. The molecule has 0 bridgehead atoms. The molecule has 0 fully saturated rings. The second kappa shape index (κ2) is 4.94. The van der Waals surface area contributed by atoms with Crippen LogP contribution in [0.2, 0.25) is 0 Å². The van der Waals surface area contributed by atoms with Gasteiger partial charge in [-0.15, -0.1) is 11.3 Å². The SMILES string of the molecule is O=COCCCc1scc2ccccc12. The lowest BCUT2D eigenvalue weighted by atomic mass is 10.1.